The van der Waals surface area contributed by atoms with Crippen LogP contribution < -0.4 is 0 Å². The molecular formula is C14H21ClO2. The molecule has 2 nitrogen and oxygen atoms in total. The van der Waals surface area contributed by atoms with Crippen LogP contribution in [0.3, 0.4) is 0 Å². The molecule has 3 heteroatoms. The van der Waals surface area contributed by atoms with E-state index in [-0.39, 0.29) is 12.5 Å². The van der Waals surface area contributed by atoms with E-state index in [1.165, 1.54) is 0 Å². The topological polar surface area (TPSA) is 29.5 Å². The molecule has 0 fully saturated rings. The van der Waals surface area contributed by atoms with Crippen LogP contribution in [0.15, 0.2) is 24.3 Å². The molecule has 0 aliphatic rings. The zero-order valence-electron chi connectivity index (χ0n) is 10.4. The molecule has 0 aliphatic carbocycles. The van der Waals surface area contributed by atoms with Gasteiger partial charge in [-0.25, -0.2) is 0 Å². The van der Waals surface area contributed by atoms with Crippen molar-refractivity contribution in [2.24, 2.45) is 0 Å². The SMILES string of the molecule is CCCCOCCC(CO)c1cccc(Cl)c1. The molecule has 0 heterocycles. The quantitative estimate of drug-likeness (QED) is 0.720. The number of aliphatic hydroxyl groups excluding tert-OH is 1. The Morgan fingerprint density at radius 1 is 1.35 bits per heavy atom. The average molecular weight is 257 g/mol. The summed E-state index contributed by atoms with van der Waals surface area (Å²) in [6.45, 7) is 3.78. The molecule has 17 heavy (non-hydrogen) atoms. The Morgan fingerprint density at radius 3 is 2.82 bits per heavy atom. The molecule has 0 saturated heterocycles. The Labute approximate surface area is 109 Å². The molecule has 0 aliphatic heterocycles. The molecule has 0 aromatic heterocycles. The summed E-state index contributed by atoms with van der Waals surface area (Å²) >= 11 is 5.94. The summed E-state index contributed by atoms with van der Waals surface area (Å²) in [6, 6.07) is 7.67. The lowest BCUT2D eigenvalue weighted by Crippen LogP contribution is -2.08. The van der Waals surface area contributed by atoms with Gasteiger partial charge in [-0.05, 0) is 30.5 Å². The van der Waals surface area contributed by atoms with Gasteiger partial charge in [0.05, 0.1) is 6.61 Å². The average Bonchev–Trinajstić information content (AvgIpc) is 2.34. The van der Waals surface area contributed by atoms with Crippen molar-refractivity contribution in [3.05, 3.63) is 34.9 Å². The number of halogens is 1. The van der Waals surface area contributed by atoms with Crippen molar-refractivity contribution in [1.29, 1.82) is 0 Å². The maximum atomic E-state index is 9.37. The first-order chi connectivity index (χ1) is 8.27. The van der Waals surface area contributed by atoms with Gasteiger partial charge in [0.1, 0.15) is 0 Å². The van der Waals surface area contributed by atoms with E-state index in [4.69, 9.17) is 16.3 Å². The molecule has 0 saturated carbocycles. The van der Waals surface area contributed by atoms with Gasteiger partial charge < -0.3 is 9.84 Å². The lowest BCUT2D eigenvalue weighted by molar-refractivity contribution is 0.116. The lowest BCUT2D eigenvalue weighted by atomic mass is 9.97. The van der Waals surface area contributed by atoms with Crippen LogP contribution >= 0.6 is 11.6 Å². The molecule has 0 spiro atoms. The summed E-state index contributed by atoms with van der Waals surface area (Å²) in [5, 5.41) is 10.1. The van der Waals surface area contributed by atoms with Crippen molar-refractivity contribution < 1.29 is 9.84 Å². The summed E-state index contributed by atoms with van der Waals surface area (Å²) in [7, 11) is 0. The van der Waals surface area contributed by atoms with Gasteiger partial charge in [0.2, 0.25) is 0 Å². The minimum absolute atomic E-state index is 0.121. The first kappa shape index (κ1) is 14.5. The zero-order chi connectivity index (χ0) is 12.5. The number of aliphatic hydroxyl groups is 1. The van der Waals surface area contributed by atoms with E-state index in [2.05, 4.69) is 6.92 Å². The number of benzene rings is 1. The van der Waals surface area contributed by atoms with Crippen molar-refractivity contribution in [2.75, 3.05) is 19.8 Å². The Morgan fingerprint density at radius 2 is 2.18 bits per heavy atom. The maximum absolute atomic E-state index is 9.37. The third-order valence-corrected chi connectivity index (χ3v) is 3.03. The minimum Gasteiger partial charge on any atom is -0.396 e. The van der Waals surface area contributed by atoms with Gasteiger partial charge in [-0.15, -0.1) is 0 Å². The molecule has 1 aromatic rings. The van der Waals surface area contributed by atoms with Crippen LogP contribution in [-0.2, 0) is 4.74 Å². The van der Waals surface area contributed by atoms with E-state index < -0.39 is 0 Å². The lowest BCUT2D eigenvalue weighted by Gasteiger charge is -2.15. The molecular weight excluding hydrogens is 236 g/mol. The number of rotatable bonds is 8. The Hall–Kier alpha value is -0.570. The van der Waals surface area contributed by atoms with Crippen LogP contribution in [0.25, 0.3) is 0 Å². The van der Waals surface area contributed by atoms with E-state index in [1.807, 2.05) is 24.3 Å². The predicted molar refractivity (Wildman–Crippen MR) is 71.6 cm³/mol. The maximum Gasteiger partial charge on any atom is 0.0500 e. The molecule has 96 valence electrons. The van der Waals surface area contributed by atoms with E-state index in [1.54, 1.807) is 0 Å². The first-order valence-electron chi connectivity index (χ1n) is 6.22. The highest BCUT2D eigenvalue weighted by atomic mass is 35.5. The van der Waals surface area contributed by atoms with Crippen LogP contribution in [-0.4, -0.2) is 24.9 Å². The Bertz CT molecular complexity index is 315. The molecule has 1 aromatic carbocycles. The molecule has 1 unspecified atom stereocenters. The normalized spacial score (nSPS) is 12.6. The van der Waals surface area contributed by atoms with Gasteiger partial charge in [0, 0.05) is 24.2 Å². The Balaban J connectivity index is 2.38. The van der Waals surface area contributed by atoms with Crippen LogP contribution in [0, 0.1) is 0 Å². The monoisotopic (exact) mass is 256 g/mol. The van der Waals surface area contributed by atoms with Gasteiger partial charge in [-0.3, -0.25) is 0 Å². The summed E-state index contributed by atoms with van der Waals surface area (Å²) in [6.07, 6.45) is 3.08. The number of ether oxygens (including phenoxy) is 1. The molecule has 1 rings (SSSR count). The fourth-order valence-corrected chi connectivity index (χ4v) is 1.90. The van der Waals surface area contributed by atoms with Gasteiger partial charge in [-0.1, -0.05) is 37.1 Å². The number of hydrogen-bond acceptors (Lipinski definition) is 2. The second kappa shape index (κ2) is 8.51. The third kappa shape index (κ3) is 5.53. The molecule has 1 N–H and O–H groups in total. The molecule has 0 amide bonds. The highest BCUT2D eigenvalue weighted by Crippen LogP contribution is 2.22. The van der Waals surface area contributed by atoms with Crippen molar-refractivity contribution in [1.82, 2.24) is 0 Å². The molecule has 0 radical (unpaired) electrons. The zero-order valence-corrected chi connectivity index (χ0v) is 11.1. The first-order valence-corrected chi connectivity index (χ1v) is 6.59. The molecule has 1 atom stereocenters. The van der Waals surface area contributed by atoms with Crippen molar-refractivity contribution in [3.8, 4) is 0 Å². The van der Waals surface area contributed by atoms with Gasteiger partial charge in [0.15, 0.2) is 0 Å². The van der Waals surface area contributed by atoms with Crippen LogP contribution in [0.5, 0.6) is 0 Å². The minimum atomic E-state index is 0.121. The summed E-state index contributed by atoms with van der Waals surface area (Å²) < 4.78 is 5.51. The smallest absolute Gasteiger partial charge is 0.0500 e. The largest absolute Gasteiger partial charge is 0.396 e. The van der Waals surface area contributed by atoms with E-state index in [9.17, 15) is 5.11 Å². The Kier molecular flexibility index (Phi) is 7.25. The van der Waals surface area contributed by atoms with Crippen LogP contribution in [0.2, 0.25) is 5.02 Å². The fraction of sp³-hybridized carbons (Fsp3) is 0.571. The summed E-state index contributed by atoms with van der Waals surface area (Å²) in [5.41, 5.74) is 1.08. The predicted octanol–water partition coefficient (Wildman–Crippen LogP) is 3.62. The summed E-state index contributed by atoms with van der Waals surface area (Å²) in [5.74, 6) is 0.121. The van der Waals surface area contributed by atoms with E-state index in [0.717, 1.165) is 31.4 Å². The van der Waals surface area contributed by atoms with Gasteiger partial charge >= 0.3 is 0 Å². The standard InChI is InChI=1S/C14H21ClO2/c1-2-3-8-17-9-7-13(11-16)12-5-4-6-14(15)10-12/h4-6,10,13,16H,2-3,7-9,11H2,1H3. The second-order valence-electron chi connectivity index (χ2n) is 4.19. The van der Waals surface area contributed by atoms with Gasteiger partial charge in [0.25, 0.3) is 0 Å². The summed E-state index contributed by atoms with van der Waals surface area (Å²) in [4.78, 5) is 0. The van der Waals surface area contributed by atoms with Crippen molar-refractivity contribution in [2.45, 2.75) is 32.1 Å². The third-order valence-electron chi connectivity index (χ3n) is 2.79. The number of hydrogen-bond donors (Lipinski definition) is 1. The number of unbranched alkanes of at least 4 members (excludes halogenated alkanes) is 1. The highest BCUT2D eigenvalue weighted by molar-refractivity contribution is 6.30. The second-order valence-corrected chi connectivity index (χ2v) is 4.63. The molecule has 0 bridgehead atoms. The highest BCUT2D eigenvalue weighted by Gasteiger charge is 2.10. The van der Waals surface area contributed by atoms with Gasteiger partial charge in [-0.2, -0.15) is 0 Å². The van der Waals surface area contributed by atoms with E-state index >= 15 is 0 Å². The van der Waals surface area contributed by atoms with Crippen molar-refractivity contribution >= 4 is 11.6 Å². The van der Waals surface area contributed by atoms with Crippen LogP contribution in [0.1, 0.15) is 37.7 Å². The fourth-order valence-electron chi connectivity index (χ4n) is 1.70. The van der Waals surface area contributed by atoms with Crippen LogP contribution in [0.4, 0.5) is 0 Å². The van der Waals surface area contributed by atoms with Crippen molar-refractivity contribution in [3.63, 3.8) is 0 Å². The van der Waals surface area contributed by atoms with E-state index in [0.29, 0.717) is 11.6 Å².